The van der Waals surface area contributed by atoms with Gasteiger partial charge in [0.25, 0.3) is 0 Å². The Balaban J connectivity index is 0. The van der Waals surface area contributed by atoms with Crippen molar-refractivity contribution in [2.24, 2.45) is 0 Å². The van der Waals surface area contributed by atoms with Crippen molar-refractivity contribution in [2.45, 2.75) is 73.9 Å². The minimum atomic E-state index is 0.729. The second-order valence-corrected chi connectivity index (χ2v) is 5.36. The van der Waals surface area contributed by atoms with Crippen LogP contribution in [0.5, 0.6) is 0 Å². The molecule has 2 saturated heterocycles. The Hall–Kier alpha value is -0.120. The monoisotopic (exact) mass is 287 g/mol. The molecule has 0 aromatic heterocycles. The van der Waals surface area contributed by atoms with Crippen LogP contribution in [0.4, 0.5) is 0 Å². The van der Waals surface area contributed by atoms with Crippen molar-refractivity contribution < 1.29 is 0 Å². The first kappa shape index (κ1) is 22.2. The highest BCUT2D eigenvalue weighted by Gasteiger charge is 2.15. The summed E-state index contributed by atoms with van der Waals surface area (Å²) in [5, 5.41) is 3.33. The zero-order chi connectivity index (χ0) is 16.0. The summed E-state index contributed by atoms with van der Waals surface area (Å²) in [5.41, 5.74) is 0. The van der Waals surface area contributed by atoms with Gasteiger partial charge in [-0.05, 0) is 47.2 Å². The molecule has 0 unspecified atom stereocenters. The Bertz CT molecular complexity index is 171. The van der Waals surface area contributed by atoms with E-state index in [0.29, 0.717) is 0 Å². The van der Waals surface area contributed by atoms with Gasteiger partial charge in [0.15, 0.2) is 0 Å². The van der Waals surface area contributed by atoms with Gasteiger partial charge in [-0.1, -0.05) is 27.7 Å². The summed E-state index contributed by atoms with van der Waals surface area (Å²) < 4.78 is 0. The summed E-state index contributed by atoms with van der Waals surface area (Å²) in [6, 6.07) is 1.51. The highest BCUT2D eigenvalue weighted by atomic mass is 15.2. The second-order valence-electron chi connectivity index (χ2n) is 5.36. The summed E-state index contributed by atoms with van der Waals surface area (Å²) in [6.07, 6.45) is 1.41. The van der Waals surface area contributed by atoms with E-state index in [4.69, 9.17) is 0 Å². The number of nitrogens with one attached hydrogen (secondary N) is 1. The van der Waals surface area contributed by atoms with Gasteiger partial charge >= 0.3 is 0 Å². The van der Waals surface area contributed by atoms with E-state index in [1.165, 1.54) is 32.6 Å². The lowest BCUT2D eigenvalue weighted by Crippen LogP contribution is -2.46. The molecule has 2 rings (SSSR count). The summed E-state index contributed by atoms with van der Waals surface area (Å²) in [5.74, 6) is 0. The molecular weight excluding hydrogens is 246 g/mol. The molecule has 0 atom stereocenters. The molecule has 0 spiro atoms. The Labute approximate surface area is 129 Å². The van der Waals surface area contributed by atoms with Gasteiger partial charge in [0.2, 0.25) is 0 Å². The molecule has 0 aliphatic carbocycles. The van der Waals surface area contributed by atoms with Crippen molar-refractivity contribution >= 4 is 0 Å². The number of nitrogens with zero attached hydrogens (tertiary/aromatic N) is 2. The minimum absolute atomic E-state index is 0.729. The third kappa shape index (κ3) is 10.6. The van der Waals surface area contributed by atoms with Gasteiger partial charge in [-0.2, -0.15) is 0 Å². The van der Waals surface area contributed by atoms with Crippen molar-refractivity contribution in [2.75, 3.05) is 39.3 Å². The summed E-state index contributed by atoms with van der Waals surface area (Å²) >= 11 is 0. The number of hydrogen-bond acceptors (Lipinski definition) is 3. The van der Waals surface area contributed by atoms with Gasteiger partial charge < -0.3 is 10.2 Å². The van der Waals surface area contributed by atoms with Crippen molar-refractivity contribution in [3.05, 3.63) is 0 Å². The molecule has 0 bridgehead atoms. The maximum absolute atomic E-state index is 3.33. The maximum atomic E-state index is 3.33. The molecule has 0 saturated carbocycles. The summed E-state index contributed by atoms with van der Waals surface area (Å²) in [7, 11) is 0. The van der Waals surface area contributed by atoms with Gasteiger partial charge in [-0.25, -0.2) is 0 Å². The number of likely N-dealkylation sites (tertiary alicyclic amines) is 1. The maximum Gasteiger partial charge on any atom is 0.0110 e. The molecule has 2 aliphatic rings. The quantitative estimate of drug-likeness (QED) is 0.839. The average Bonchev–Trinajstić information content (AvgIpc) is 2.42. The van der Waals surface area contributed by atoms with E-state index < -0.39 is 0 Å². The predicted molar refractivity (Wildman–Crippen MR) is 93.6 cm³/mol. The first-order valence-electron chi connectivity index (χ1n) is 8.80. The molecule has 2 fully saturated rings. The zero-order valence-electron chi connectivity index (χ0n) is 15.5. The summed E-state index contributed by atoms with van der Waals surface area (Å²) in [4.78, 5) is 4.97. The lowest BCUT2D eigenvalue weighted by Gasteiger charge is -2.34. The SMILES string of the molecule is CC.CC.CC(C)N1CCC1.CC(C)N1CCNCC1. The van der Waals surface area contributed by atoms with Crippen LogP contribution >= 0.6 is 0 Å². The molecule has 1 N–H and O–H groups in total. The summed E-state index contributed by atoms with van der Waals surface area (Å²) in [6.45, 7) is 24.4. The van der Waals surface area contributed by atoms with Crippen LogP contribution in [0.25, 0.3) is 0 Å². The molecule has 3 heteroatoms. The minimum Gasteiger partial charge on any atom is -0.314 e. The van der Waals surface area contributed by atoms with Crippen LogP contribution < -0.4 is 5.32 Å². The third-order valence-electron chi connectivity index (χ3n) is 3.50. The highest BCUT2D eigenvalue weighted by Crippen LogP contribution is 2.08. The van der Waals surface area contributed by atoms with Gasteiger partial charge in [0.05, 0.1) is 0 Å². The molecule has 2 heterocycles. The molecule has 20 heavy (non-hydrogen) atoms. The van der Waals surface area contributed by atoms with E-state index >= 15 is 0 Å². The highest BCUT2D eigenvalue weighted by molar-refractivity contribution is 4.71. The van der Waals surface area contributed by atoms with E-state index in [0.717, 1.165) is 25.2 Å². The van der Waals surface area contributed by atoms with Gasteiger partial charge in [-0.15, -0.1) is 0 Å². The topological polar surface area (TPSA) is 18.5 Å². The molecule has 0 aromatic rings. The average molecular weight is 288 g/mol. The van der Waals surface area contributed by atoms with Crippen molar-refractivity contribution in [1.82, 2.24) is 15.1 Å². The normalized spacial score (nSPS) is 18.9. The standard InChI is InChI=1S/C7H16N2.C6H13N.2C2H6/c1-7(2)9-5-3-8-4-6-9;1-6(2)7-4-3-5-7;2*1-2/h7-8H,3-6H2,1-2H3;6H,3-5H2,1-2H3;2*1-2H3. The van der Waals surface area contributed by atoms with E-state index in [-0.39, 0.29) is 0 Å². The van der Waals surface area contributed by atoms with Crippen LogP contribution in [0.2, 0.25) is 0 Å². The second kappa shape index (κ2) is 15.3. The largest absolute Gasteiger partial charge is 0.314 e. The van der Waals surface area contributed by atoms with Crippen LogP contribution in [-0.2, 0) is 0 Å². The van der Waals surface area contributed by atoms with Crippen LogP contribution in [0.3, 0.4) is 0 Å². The number of hydrogen-bond donors (Lipinski definition) is 1. The van der Waals surface area contributed by atoms with Crippen LogP contribution in [0.1, 0.15) is 61.8 Å². The lowest BCUT2D eigenvalue weighted by molar-refractivity contribution is 0.138. The van der Waals surface area contributed by atoms with Gasteiger partial charge in [0.1, 0.15) is 0 Å². The van der Waals surface area contributed by atoms with Gasteiger partial charge in [-0.3, -0.25) is 4.90 Å². The Morgan fingerprint density at radius 2 is 1.00 bits per heavy atom. The van der Waals surface area contributed by atoms with E-state index in [9.17, 15) is 0 Å². The van der Waals surface area contributed by atoms with Crippen molar-refractivity contribution in [3.63, 3.8) is 0 Å². The van der Waals surface area contributed by atoms with E-state index in [1.807, 2.05) is 27.7 Å². The third-order valence-corrected chi connectivity index (χ3v) is 3.50. The molecule has 0 aromatic carbocycles. The first-order chi connectivity index (χ1) is 9.61. The fraction of sp³-hybridized carbons (Fsp3) is 1.00. The predicted octanol–water partition coefficient (Wildman–Crippen LogP) is 3.45. The van der Waals surface area contributed by atoms with Crippen molar-refractivity contribution in [1.29, 1.82) is 0 Å². The van der Waals surface area contributed by atoms with E-state index in [1.54, 1.807) is 0 Å². The zero-order valence-corrected chi connectivity index (χ0v) is 15.5. The van der Waals surface area contributed by atoms with Gasteiger partial charge in [0, 0.05) is 38.3 Å². The first-order valence-corrected chi connectivity index (χ1v) is 8.80. The Morgan fingerprint density at radius 1 is 0.650 bits per heavy atom. The smallest absolute Gasteiger partial charge is 0.0110 e. The fourth-order valence-electron chi connectivity index (χ4n) is 2.06. The van der Waals surface area contributed by atoms with Crippen LogP contribution in [0.15, 0.2) is 0 Å². The van der Waals surface area contributed by atoms with E-state index in [2.05, 4.69) is 42.8 Å². The number of rotatable bonds is 2. The Morgan fingerprint density at radius 3 is 1.15 bits per heavy atom. The molecular formula is C17H41N3. The molecule has 2 aliphatic heterocycles. The van der Waals surface area contributed by atoms with Crippen molar-refractivity contribution in [3.8, 4) is 0 Å². The molecule has 124 valence electrons. The number of piperazine rings is 1. The Kier molecular flexibility index (Phi) is 16.9. The molecule has 3 nitrogen and oxygen atoms in total. The fourth-order valence-corrected chi connectivity index (χ4v) is 2.06. The van der Waals surface area contributed by atoms with Crippen LogP contribution in [0, 0.1) is 0 Å². The molecule has 0 radical (unpaired) electrons. The molecule has 0 amide bonds. The lowest BCUT2D eigenvalue weighted by atomic mass is 10.2. The van der Waals surface area contributed by atoms with Crippen LogP contribution in [-0.4, -0.2) is 61.2 Å².